The Balaban J connectivity index is 2.99. The highest BCUT2D eigenvalue weighted by Gasteiger charge is 1.95. The van der Waals surface area contributed by atoms with Crippen LogP contribution in [0.25, 0.3) is 0 Å². The molecule has 0 aromatic heterocycles. The minimum Gasteiger partial charge on any atom is -0.378 e. The van der Waals surface area contributed by atoms with Crippen molar-refractivity contribution in [3.05, 3.63) is 0 Å². The van der Waals surface area contributed by atoms with Gasteiger partial charge in [0, 0.05) is 5.88 Å². The monoisotopic (exact) mass is 522 g/mol. The van der Waals surface area contributed by atoms with Crippen LogP contribution in [-0.2, 0) is 47.4 Å². The highest BCUT2D eigenvalue weighted by atomic mass is 35.5. The molecule has 0 aliphatic rings. The predicted octanol–water partition coefficient (Wildman–Crippen LogP) is 1.36. The summed E-state index contributed by atoms with van der Waals surface area (Å²) in [4.78, 5) is 0. The van der Waals surface area contributed by atoms with Crippen LogP contribution >= 0.6 is 11.6 Å². The summed E-state index contributed by atoms with van der Waals surface area (Å²) in [6.07, 6.45) is 0. The van der Waals surface area contributed by atoms with E-state index in [4.69, 9.17) is 59.0 Å². The molecule has 0 saturated heterocycles. The summed E-state index contributed by atoms with van der Waals surface area (Å²) in [6.45, 7) is 9.20. The van der Waals surface area contributed by atoms with Crippen molar-refractivity contribution in [2.24, 2.45) is 0 Å². The summed E-state index contributed by atoms with van der Waals surface area (Å²) in [5.74, 6) is 0.497. The van der Waals surface area contributed by atoms with E-state index in [1.807, 2.05) is 0 Å². The zero-order valence-electron chi connectivity index (χ0n) is 20.4. The molecular formula is C22H44ClFO10. The van der Waals surface area contributed by atoms with Crippen molar-refractivity contribution in [3.8, 4) is 0 Å². The maximum Gasteiger partial charge on any atom is 0.113 e. The molecule has 0 amide bonds. The molecule has 0 unspecified atom stereocenters. The van der Waals surface area contributed by atoms with E-state index in [-0.39, 0.29) is 6.61 Å². The van der Waals surface area contributed by atoms with Gasteiger partial charge in [-0.05, 0) is 0 Å². The topological polar surface area (TPSA) is 92.3 Å². The van der Waals surface area contributed by atoms with E-state index in [0.717, 1.165) is 0 Å². The van der Waals surface area contributed by atoms with Crippen LogP contribution in [0.5, 0.6) is 0 Å². The van der Waals surface area contributed by atoms with Crippen molar-refractivity contribution in [1.82, 2.24) is 0 Å². The largest absolute Gasteiger partial charge is 0.378 e. The first-order chi connectivity index (χ1) is 16.9. The lowest BCUT2D eigenvalue weighted by Gasteiger charge is -2.09. The molecule has 0 heterocycles. The summed E-state index contributed by atoms with van der Waals surface area (Å²) in [7, 11) is 0. The van der Waals surface area contributed by atoms with Crippen molar-refractivity contribution >= 4 is 11.6 Å². The van der Waals surface area contributed by atoms with Crippen molar-refractivity contribution < 1.29 is 51.8 Å². The van der Waals surface area contributed by atoms with Crippen molar-refractivity contribution in [1.29, 1.82) is 0 Å². The second kappa shape index (κ2) is 32.8. The van der Waals surface area contributed by atoms with Gasteiger partial charge < -0.3 is 47.4 Å². The van der Waals surface area contributed by atoms with Crippen LogP contribution in [0.15, 0.2) is 0 Å². The number of ether oxygens (including phenoxy) is 10. The van der Waals surface area contributed by atoms with Gasteiger partial charge in [-0.1, -0.05) is 0 Å². The average Bonchev–Trinajstić information content (AvgIpc) is 2.85. The third-order valence-corrected chi connectivity index (χ3v) is 3.95. The number of hydrogen-bond donors (Lipinski definition) is 0. The predicted molar refractivity (Wildman–Crippen MR) is 125 cm³/mol. The Hall–Kier alpha value is -0.180. The normalized spacial score (nSPS) is 11.5. The van der Waals surface area contributed by atoms with Crippen molar-refractivity contribution in [2.45, 2.75) is 0 Å². The van der Waals surface area contributed by atoms with Crippen molar-refractivity contribution in [3.63, 3.8) is 0 Å². The first-order valence-corrected chi connectivity index (χ1v) is 12.3. The molecule has 0 N–H and O–H groups in total. The van der Waals surface area contributed by atoms with E-state index in [0.29, 0.717) is 131 Å². The standard InChI is InChI=1S/C22H44ClFO10/c23-1-3-25-5-7-27-9-11-29-13-15-31-17-19-33-21-22-34-20-18-32-16-14-30-12-10-28-8-6-26-4-2-24/h1-22H2. The molecule has 0 atom stereocenters. The molecule has 0 aromatic rings. The maximum absolute atomic E-state index is 11.8. The molecule has 0 spiro atoms. The number of hydrogen-bond acceptors (Lipinski definition) is 10. The lowest BCUT2D eigenvalue weighted by molar-refractivity contribution is -0.0263. The molecule has 0 fully saturated rings. The van der Waals surface area contributed by atoms with Gasteiger partial charge in [0.2, 0.25) is 0 Å². The number of halogens is 2. The fourth-order valence-corrected chi connectivity index (χ4v) is 2.30. The fourth-order valence-electron chi connectivity index (χ4n) is 2.19. The molecule has 0 aliphatic carbocycles. The molecule has 0 aliphatic heterocycles. The highest BCUT2D eigenvalue weighted by Crippen LogP contribution is 1.87. The second-order valence-electron chi connectivity index (χ2n) is 6.50. The third-order valence-electron chi connectivity index (χ3n) is 3.79. The van der Waals surface area contributed by atoms with Crippen LogP contribution in [0.2, 0.25) is 0 Å². The van der Waals surface area contributed by atoms with Gasteiger partial charge in [0.15, 0.2) is 0 Å². The van der Waals surface area contributed by atoms with Crippen LogP contribution in [-0.4, -0.2) is 145 Å². The number of rotatable bonds is 31. The minimum absolute atomic E-state index is 0.116. The first kappa shape index (κ1) is 33.8. The lowest BCUT2D eigenvalue weighted by atomic mass is 10.6. The second-order valence-corrected chi connectivity index (χ2v) is 6.88. The SMILES string of the molecule is FCCOCCOCCOCCOCCOCCOCCOCCOCCOCCOCCCl. The minimum atomic E-state index is -0.472. The molecule has 10 nitrogen and oxygen atoms in total. The fraction of sp³-hybridized carbons (Fsp3) is 1.00. The van der Waals surface area contributed by atoms with Gasteiger partial charge in [-0.25, -0.2) is 4.39 Å². The Labute approximate surface area is 208 Å². The quantitative estimate of drug-likeness (QED) is 0.0981. The van der Waals surface area contributed by atoms with E-state index in [2.05, 4.69) is 0 Å². The summed E-state index contributed by atoms with van der Waals surface area (Å²) in [6, 6.07) is 0. The molecule has 34 heavy (non-hydrogen) atoms. The zero-order valence-corrected chi connectivity index (χ0v) is 21.2. The third kappa shape index (κ3) is 31.8. The lowest BCUT2D eigenvalue weighted by Crippen LogP contribution is -2.15. The van der Waals surface area contributed by atoms with Crippen LogP contribution in [0.3, 0.4) is 0 Å². The molecule has 0 rings (SSSR count). The van der Waals surface area contributed by atoms with Gasteiger partial charge in [-0.2, -0.15) is 0 Å². The van der Waals surface area contributed by atoms with Gasteiger partial charge in [0.05, 0.1) is 132 Å². The summed E-state index contributed by atoms with van der Waals surface area (Å²) in [5, 5.41) is 0. The highest BCUT2D eigenvalue weighted by molar-refractivity contribution is 6.17. The molecule has 0 aromatic carbocycles. The van der Waals surface area contributed by atoms with E-state index in [9.17, 15) is 4.39 Å². The van der Waals surface area contributed by atoms with Gasteiger partial charge >= 0.3 is 0 Å². The average molecular weight is 523 g/mol. The molecular weight excluding hydrogens is 479 g/mol. The summed E-state index contributed by atoms with van der Waals surface area (Å²) in [5.41, 5.74) is 0. The van der Waals surface area contributed by atoms with Crippen LogP contribution < -0.4 is 0 Å². The van der Waals surface area contributed by atoms with Gasteiger partial charge in [-0.3, -0.25) is 0 Å². The Morgan fingerprint density at radius 1 is 0.294 bits per heavy atom. The first-order valence-electron chi connectivity index (χ1n) is 11.8. The van der Waals surface area contributed by atoms with Gasteiger partial charge in [0.25, 0.3) is 0 Å². The molecule has 0 radical (unpaired) electrons. The molecule has 0 bridgehead atoms. The Bertz CT molecular complexity index is 330. The smallest absolute Gasteiger partial charge is 0.113 e. The van der Waals surface area contributed by atoms with Crippen LogP contribution in [0.1, 0.15) is 0 Å². The van der Waals surface area contributed by atoms with E-state index >= 15 is 0 Å². The molecule has 206 valence electrons. The van der Waals surface area contributed by atoms with Crippen LogP contribution in [0, 0.1) is 0 Å². The van der Waals surface area contributed by atoms with E-state index < -0.39 is 6.67 Å². The maximum atomic E-state index is 11.8. The number of alkyl halides is 2. The summed E-state index contributed by atoms with van der Waals surface area (Å²) < 4.78 is 64.9. The van der Waals surface area contributed by atoms with Crippen LogP contribution in [0.4, 0.5) is 4.39 Å². The van der Waals surface area contributed by atoms with Crippen molar-refractivity contribution in [2.75, 3.05) is 145 Å². The van der Waals surface area contributed by atoms with Gasteiger partial charge in [-0.15, -0.1) is 11.6 Å². The van der Waals surface area contributed by atoms with Gasteiger partial charge in [0.1, 0.15) is 6.67 Å². The Morgan fingerprint density at radius 2 is 0.471 bits per heavy atom. The van der Waals surface area contributed by atoms with E-state index in [1.54, 1.807) is 0 Å². The Kier molecular flexibility index (Phi) is 32.6. The van der Waals surface area contributed by atoms with E-state index in [1.165, 1.54) is 0 Å². The summed E-state index contributed by atoms with van der Waals surface area (Å²) >= 11 is 5.49. The zero-order chi connectivity index (χ0) is 24.6. The molecule has 0 saturated carbocycles. The Morgan fingerprint density at radius 3 is 0.647 bits per heavy atom. The molecule has 12 heteroatoms.